The van der Waals surface area contributed by atoms with Crippen molar-refractivity contribution in [1.82, 2.24) is 20.4 Å². The van der Waals surface area contributed by atoms with Gasteiger partial charge in [0.05, 0.1) is 10.5 Å². The highest BCUT2D eigenvalue weighted by atomic mass is 127. The Bertz CT molecular complexity index is 715. The number of rotatable bonds is 5. The highest BCUT2D eigenvalue weighted by molar-refractivity contribution is 14.0. The Kier molecular flexibility index (Phi) is 8.31. The molecule has 10 heteroatoms. The molecule has 8 nitrogen and oxygen atoms in total. The Morgan fingerprint density at radius 2 is 2.12 bits per heavy atom. The molecule has 0 atom stereocenters. The summed E-state index contributed by atoms with van der Waals surface area (Å²) in [5.41, 5.74) is 0. The molecule has 0 aliphatic carbocycles. The summed E-state index contributed by atoms with van der Waals surface area (Å²) < 4.78 is 28.7. The molecule has 1 fully saturated rings. The van der Waals surface area contributed by atoms with Crippen LogP contribution >= 0.6 is 24.0 Å². The second kappa shape index (κ2) is 9.34. The Balaban J connectivity index is 0.00000338. The van der Waals surface area contributed by atoms with Gasteiger partial charge < -0.3 is 14.7 Å². The number of halogens is 1. The van der Waals surface area contributed by atoms with E-state index in [0.29, 0.717) is 31.9 Å². The van der Waals surface area contributed by atoms with Gasteiger partial charge in [-0.25, -0.2) is 8.42 Å². The topological polar surface area (TPSA) is 101 Å². The first-order valence-corrected chi connectivity index (χ1v) is 10.3. The van der Waals surface area contributed by atoms with Gasteiger partial charge in [0.1, 0.15) is 0 Å². The van der Waals surface area contributed by atoms with E-state index >= 15 is 0 Å². The van der Waals surface area contributed by atoms with Gasteiger partial charge in [0.2, 0.25) is 5.89 Å². The van der Waals surface area contributed by atoms with Crippen molar-refractivity contribution in [1.29, 1.82) is 0 Å². The molecule has 0 amide bonds. The van der Waals surface area contributed by atoms with Crippen molar-refractivity contribution in [2.24, 2.45) is 4.99 Å². The van der Waals surface area contributed by atoms with Crippen LogP contribution in [0.3, 0.4) is 0 Å². The van der Waals surface area contributed by atoms with Gasteiger partial charge in [-0.15, -0.1) is 24.0 Å². The molecule has 0 bridgehead atoms. The number of guanidine groups is 1. The van der Waals surface area contributed by atoms with Crippen LogP contribution in [0, 0.1) is 0 Å². The van der Waals surface area contributed by atoms with Crippen molar-refractivity contribution in [2.75, 3.05) is 32.4 Å². The third-order valence-electron chi connectivity index (χ3n) is 4.41. The smallest absolute Gasteiger partial charge is 0.226 e. The quantitative estimate of drug-likeness (QED) is 0.286. The van der Waals surface area contributed by atoms with Crippen LogP contribution in [0.25, 0.3) is 0 Å². The fourth-order valence-electron chi connectivity index (χ4n) is 2.70. The monoisotopic (exact) mass is 499 g/mol. The average molecular weight is 499 g/mol. The van der Waals surface area contributed by atoms with Crippen LogP contribution in [-0.4, -0.2) is 66.6 Å². The predicted molar refractivity (Wildman–Crippen MR) is 113 cm³/mol. The van der Waals surface area contributed by atoms with Crippen LogP contribution < -0.4 is 5.32 Å². The van der Waals surface area contributed by atoms with Gasteiger partial charge in [0, 0.05) is 39.0 Å². The van der Waals surface area contributed by atoms with Gasteiger partial charge in [-0.1, -0.05) is 19.0 Å². The van der Waals surface area contributed by atoms with Crippen molar-refractivity contribution in [3.63, 3.8) is 0 Å². The van der Waals surface area contributed by atoms with Crippen molar-refractivity contribution >= 4 is 39.8 Å². The number of aryl methyl sites for hydroxylation is 1. The first-order valence-electron chi connectivity index (χ1n) is 8.66. The van der Waals surface area contributed by atoms with E-state index in [1.165, 1.54) is 0 Å². The van der Waals surface area contributed by atoms with Gasteiger partial charge in [-0.2, -0.15) is 4.98 Å². The van der Waals surface area contributed by atoms with Crippen molar-refractivity contribution in [2.45, 2.75) is 51.2 Å². The molecule has 1 aromatic rings. The first kappa shape index (κ1) is 23.1. The minimum absolute atomic E-state index is 0. The number of aliphatic imine (C=N–C) groups is 1. The summed E-state index contributed by atoms with van der Waals surface area (Å²) in [6, 6.07) is 0. The fraction of sp³-hybridized carbons (Fsp3) is 0.812. The minimum atomic E-state index is -3.05. The molecule has 0 aromatic carbocycles. The van der Waals surface area contributed by atoms with Crippen molar-refractivity contribution in [3.8, 4) is 0 Å². The highest BCUT2D eigenvalue weighted by Crippen LogP contribution is 2.23. The molecule has 2 rings (SSSR count). The van der Waals surface area contributed by atoms with Gasteiger partial charge in [-0.3, -0.25) is 4.99 Å². The first-order chi connectivity index (χ1) is 11.7. The van der Waals surface area contributed by atoms with E-state index in [4.69, 9.17) is 4.52 Å². The summed E-state index contributed by atoms with van der Waals surface area (Å²) in [6.07, 6.45) is 1.53. The zero-order valence-corrected chi connectivity index (χ0v) is 19.3. The number of nitrogens with zero attached hydrogens (tertiary/aromatic N) is 4. The van der Waals surface area contributed by atoms with Crippen LogP contribution in [0.4, 0.5) is 0 Å². The van der Waals surface area contributed by atoms with E-state index in [-0.39, 0.29) is 35.6 Å². The predicted octanol–water partition coefficient (Wildman–Crippen LogP) is 1.83. The summed E-state index contributed by atoms with van der Waals surface area (Å²) in [7, 11) is -1.34. The fourth-order valence-corrected chi connectivity index (χ4v) is 4.07. The normalized spacial score (nSPS) is 19.3. The molecule has 1 aliphatic heterocycles. The average Bonchev–Trinajstić information content (AvgIpc) is 2.99. The van der Waals surface area contributed by atoms with Crippen LogP contribution in [0.2, 0.25) is 0 Å². The maximum absolute atomic E-state index is 12.1. The van der Waals surface area contributed by atoms with Crippen molar-refractivity contribution in [3.05, 3.63) is 11.7 Å². The van der Waals surface area contributed by atoms with Gasteiger partial charge in [0.15, 0.2) is 21.6 Å². The standard InChI is InChI=1S/C16H29N5O3S.HI/c1-12(2)14-19-13(24-20-14)7-6-8-18-15(17-5)21-9-10-25(22,23)16(3,4)11-21;/h12H,6-11H2,1-5H3,(H,17,18);1H. The summed E-state index contributed by atoms with van der Waals surface area (Å²) in [6.45, 7) is 9.20. The second-order valence-electron chi connectivity index (χ2n) is 7.28. The maximum Gasteiger partial charge on any atom is 0.226 e. The van der Waals surface area contributed by atoms with E-state index in [0.717, 1.165) is 18.2 Å². The summed E-state index contributed by atoms with van der Waals surface area (Å²) in [5.74, 6) is 2.52. The third kappa shape index (κ3) is 5.54. The van der Waals surface area contributed by atoms with Crippen molar-refractivity contribution < 1.29 is 12.9 Å². The zero-order valence-electron chi connectivity index (χ0n) is 16.2. The largest absolute Gasteiger partial charge is 0.356 e. The molecule has 0 radical (unpaired) electrons. The molecule has 26 heavy (non-hydrogen) atoms. The Labute approximate surface area is 173 Å². The van der Waals surface area contributed by atoms with E-state index in [1.54, 1.807) is 20.9 Å². The highest BCUT2D eigenvalue weighted by Gasteiger charge is 2.40. The second-order valence-corrected chi connectivity index (χ2v) is 10.0. The Hall–Kier alpha value is -0.910. The lowest BCUT2D eigenvalue weighted by atomic mass is 10.2. The molecule has 1 N–H and O–H groups in total. The van der Waals surface area contributed by atoms with E-state index in [9.17, 15) is 8.42 Å². The third-order valence-corrected chi connectivity index (χ3v) is 6.94. The zero-order chi connectivity index (χ0) is 18.7. The van der Waals surface area contributed by atoms with Gasteiger partial charge >= 0.3 is 0 Å². The van der Waals surface area contributed by atoms with Crippen LogP contribution in [0.5, 0.6) is 0 Å². The molecule has 0 unspecified atom stereocenters. The minimum Gasteiger partial charge on any atom is -0.356 e. The molecule has 2 heterocycles. The Morgan fingerprint density at radius 3 is 2.65 bits per heavy atom. The van der Waals surface area contributed by atoms with E-state index < -0.39 is 14.6 Å². The molecule has 1 aromatic heterocycles. The Morgan fingerprint density at radius 1 is 1.42 bits per heavy atom. The lowest BCUT2D eigenvalue weighted by molar-refractivity contribution is 0.351. The number of aromatic nitrogens is 2. The molecular formula is C16H30IN5O3S. The lowest BCUT2D eigenvalue weighted by Gasteiger charge is -2.39. The van der Waals surface area contributed by atoms with Crippen LogP contribution in [-0.2, 0) is 16.3 Å². The van der Waals surface area contributed by atoms with E-state index in [2.05, 4.69) is 20.4 Å². The van der Waals surface area contributed by atoms with Crippen LogP contribution in [0.1, 0.15) is 51.7 Å². The van der Waals surface area contributed by atoms with E-state index in [1.807, 2.05) is 18.7 Å². The number of hydrogen-bond donors (Lipinski definition) is 1. The van der Waals surface area contributed by atoms with Gasteiger partial charge in [0.25, 0.3) is 0 Å². The molecule has 0 spiro atoms. The summed E-state index contributed by atoms with van der Waals surface area (Å²) >= 11 is 0. The maximum atomic E-state index is 12.1. The number of hydrogen-bond acceptors (Lipinski definition) is 6. The number of nitrogens with one attached hydrogen (secondary N) is 1. The molecule has 1 saturated heterocycles. The molecule has 150 valence electrons. The summed E-state index contributed by atoms with van der Waals surface area (Å²) in [4.78, 5) is 10.6. The molecule has 0 saturated carbocycles. The summed E-state index contributed by atoms with van der Waals surface area (Å²) in [5, 5.41) is 7.25. The lowest BCUT2D eigenvalue weighted by Crippen LogP contribution is -2.57. The van der Waals surface area contributed by atoms with Crippen LogP contribution in [0.15, 0.2) is 9.52 Å². The molecule has 1 aliphatic rings. The number of sulfone groups is 1. The van der Waals surface area contributed by atoms with Gasteiger partial charge in [-0.05, 0) is 20.3 Å². The SMILES string of the molecule is CN=C(NCCCc1nc(C(C)C)no1)N1CCS(=O)(=O)C(C)(C)C1.I. The molecular weight excluding hydrogens is 469 g/mol.